The summed E-state index contributed by atoms with van der Waals surface area (Å²) in [6, 6.07) is 4.32. The molecule has 0 aliphatic heterocycles. The molecule has 7 nitrogen and oxygen atoms in total. The predicted octanol–water partition coefficient (Wildman–Crippen LogP) is 0.847. The molecule has 116 valence electrons. The lowest BCUT2D eigenvalue weighted by Crippen LogP contribution is -2.34. The number of hydrogen-bond donors (Lipinski definition) is 2. The van der Waals surface area contributed by atoms with Gasteiger partial charge in [0.25, 0.3) is 0 Å². The van der Waals surface area contributed by atoms with Crippen LogP contribution in [0.25, 0.3) is 0 Å². The summed E-state index contributed by atoms with van der Waals surface area (Å²) in [7, 11) is -1.03. The predicted molar refractivity (Wildman–Crippen MR) is 74.0 cm³/mol. The van der Waals surface area contributed by atoms with Crippen LogP contribution < -0.4 is 14.2 Å². The maximum Gasteiger partial charge on any atom is 0.310 e. The van der Waals surface area contributed by atoms with Crippen LogP contribution in [0.5, 0.6) is 11.5 Å². The van der Waals surface area contributed by atoms with Crippen LogP contribution in [-0.4, -0.2) is 40.3 Å². The van der Waals surface area contributed by atoms with Gasteiger partial charge in [-0.05, 0) is 25.0 Å². The molecule has 0 bridgehead atoms. The average molecular weight is 315 g/mol. The summed E-state index contributed by atoms with van der Waals surface area (Å²) in [5.41, 5.74) is -0.966. The number of nitrogens with one attached hydrogen (secondary N) is 1. The van der Waals surface area contributed by atoms with Crippen molar-refractivity contribution in [1.82, 2.24) is 4.72 Å². The fourth-order valence-electron chi connectivity index (χ4n) is 1.92. The van der Waals surface area contributed by atoms with Gasteiger partial charge in [-0.1, -0.05) is 0 Å². The van der Waals surface area contributed by atoms with Crippen LogP contribution in [0.4, 0.5) is 0 Å². The molecule has 2 N–H and O–H groups in total. The molecule has 0 radical (unpaired) electrons. The normalized spacial score (nSPS) is 16.3. The molecule has 21 heavy (non-hydrogen) atoms. The van der Waals surface area contributed by atoms with Gasteiger partial charge < -0.3 is 14.6 Å². The lowest BCUT2D eigenvalue weighted by molar-refractivity contribution is -0.143. The molecule has 1 fully saturated rings. The maximum absolute atomic E-state index is 12.3. The fraction of sp³-hybridized carbons (Fsp3) is 0.462. The Morgan fingerprint density at radius 3 is 2.48 bits per heavy atom. The van der Waals surface area contributed by atoms with Gasteiger partial charge in [-0.25, -0.2) is 13.1 Å². The maximum atomic E-state index is 12.3. The average Bonchev–Trinajstić information content (AvgIpc) is 3.26. The SMILES string of the molecule is COc1ccc(S(=O)(=O)NCC2(C(=O)O)CC2)c(OC)c1. The van der Waals surface area contributed by atoms with Crippen molar-refractivity contribution in [2.45, 2.75) is 17.7 Å². The summed E-state index contributed by atoms with van der Waals surface area (Å²) in [6.45, 7) is -0.125. The van der Waals surface area contributed by atoms with Crippen LogP contribution in [0.15, 0.2) is 23.1 Å². The molecule has 2 rings (SSSR count). The van der Waals surface area contributed by atoms with Gasteiger partial charge >= 0.3 is 5.97 Å². The van der Waals surface area contributed by atoms with Crippen molar-refractivity contribution in [3.05, 3.63) is 18.2 Å². The Kier molecular flexibility index (Phi) is 4.11. The molecule has 8 heteroatoms. The van der Waals surface area contributed by atoms with E-state index in [0.29, 0.717) is 18.6 Å². The Morgan fingerprint density at radius 1 is 1.33 bits per heavy atom. The number of sulfonamides is 1. The first-order valence-electron chi connectivity index (χ1n) is 6.30. The van der Waals surface area contributed by atoms with E-state index in [1.54, 1.807) is 0 Å². The number of hydrogen-bond acceptors (Lipinski definition) is 5. The Hall–Kier alpha value is -1.80. The van der Waals surface area contributed by atoms with E-state index in [9.17, 15) is 13.2 Å². The smallest absolute Gasteiger partial charge is 0.310 e. The molecule has 1 aliphatic rings. The van der Waals surface area contributed by atoms with Gasteiger partial charge in [0.1, 0.15) is 16.4 Å². The summed E-state index contributed by atoms with van der Waals surface area (Å²) in [5, 5.41) is 9.06. The Balaban J connectivity index is 2.22. The zero-order chi connectivity index (χ0) is 15.7. The van der Waals surface area contributed by atoms with Crippen LogP contribution in [0.3, 0.4) is 0 Å². The van der Waals surface area contributed by atoms with Gasteiger partial charge in [0.05, 0.1) is 19.6 Å². The zero-order valence-corrected chi connectivity index (χ0v) is 12.6. The highest BCUT2D eigenvalue weighted by atomic mass is 32.2. The molecule has 0 atom stereocenters. The summed E-state index contributed by atoms with van der Waals surface area (Å²) < 4.78 is 37.0. The third-order valence-corrected chi connectivity index (χ3v) is 5.01. The fourth-order valence-corrected chi connectivity index (χ4v) is 3.20. The molecule has 1 aliphatic carbocycles. The second-order valence-corrected chi connectivity index (χ2v) is 6.66. The third kappa shape index (κ3) is 3.11. The first kappa shape index (κ1) is 15.6. The van der Waals surface area contributed by atoms with Crippen LogP contribution >= 0.6 is 0 Å². The summed E-state index contributed by atoms with van der Waals surface area (Å²) in [5.74, 6) is -0.371. The first-order valence-corrected chi connectivity index (χ1v) is 7.78. The minimum atomic E-state index is -3.85. The van der Waals surface area contributed by atoms with Gasteiger partial charge in [-0.2, -0.15) is 0 Å². The van der Waals surface area contributed by atoms with Gasteiger partial charge in [-0.15, -0.1) is 0 Å². The number of carbonyl (C=O) groups is 1. The Morgan fingerprint density at radius 2 is 2.00 bits per heavy atom. The Bertz CT molecular complexity index is 651. The molecule has 0 saturated heterocycles. The largest absolute Gasteiger partial charge is 0.497 e. The zero-order valence-electron chi connectivity index (χ0n) is 11.8. The van der Waals surface area contributed by atoms with Crippen LogP contribution in [0.2, 0.25) is 0 Å². The molecular formula is C13H17NO6S. The molecule has 0 spiro atoms. The lowest BCUT2D eigenvalue weighted by Gasteiger charge is -2.14. The molecular weight excluding hydrogens is 298 g/mol. The topological polar surface area (TPSA) is 102 Å². The minimum absolute atomic E-state index is 0.0491. The van der Waals surface area contributed by atoms with Gasteiger partial charge in [0.15, 0.2) is 0 Å². The van der Waals surface area contributed by atoms with E-state index in [1.807, 2.05) is 0 Å². The Labute approximate surface area is 122 Å². The number of methoxy groups -OCH3 is 2. The standard InChI is InChI=1S/C13H17NO6S/c1-19-9-3-4-11(10(7-9)20-2)21(17,18)14-8-13(5-6-13)12(15)16/h3-4,7,14H,5-6,8H2,1-2H3,(H,15,16). The number of ether oxygens (including phenoxy) is 2. The van der Waals surface area contributed by atoms with Crippen LogP contribution in [-0.2, 0) is 14.8 Å². The molecule has 1 aromatic carbocycles. The van der Waals surface area contributed by atoms with E-state index >= 15 is 0 Å². The second-order valence-electron chi connectivity index (χ2n) is 4.93. The molecule has 0 aromatic heterocycles. The highest BCUT2D eigenvalue weighted by Gasteiger charge is 2.50. The van der Waals surface area contributed by atoms with E-state index < -0.39 is 21.4 Å². The number of carboxylic acid groups (broad SMARTS) is 1. The number of aliphatic carboxylic acids is 1. The van der Waals surface area contributed by atoms with Crippen molar-refractivity contribution >= 4 is 16.0 Å². The van der Waals surface area contributed by atoms with Crippen LogP contribution in [0, 0.1) is 5.41 Å². The molecule has 1 saturated carbocycles. The van der Waals surface area contributed by atoms with Crippen LogP contribution in [0.1, 0.15) is 12.8 Å². The van der Waals surface area contributed by atoms with E-state index in [1.165, 1.54) is 32.4 Å². The highest BCUT2D eigenvalue weighted by Crippen LogP contribution is 2.45. The van der Waals surface area contributed by atoms with E-state index in [4.69, 9.17) is 14.6 Å². The van der Waals surface area contributed by atoms with Crippen molar-refractivity contribution in [3.63, 3.8) is 0 Å². The summed E-state index contributed by atoms with van der Waals surface area (Å²) >= 11 is 0. The number of rotatable bonds is 7. The molecule has 0 amide bonds. The molecule has 1 aromatic rings. The minimum Gasteiger partial charge on any atom is -0.497 e. The highest BCUT2D eigenvalue weighted by molar-refractivity contribution is 7.89. The van der Waals surface area contributed by atoms with E-state index in [-0.39, 0.29) is 17.2 Å². The van der Waals surface area contributed by atoms with Crippen molar-refractivity contribution in [2.75, 3.05) is 20.8 Å². The van der Waals surface area contributed by atoms with Crippen molar-refractivity contribution in [3.8, 4) is 11.5 Å². The van der Waals surface area contributed by atoms with Gasteiger partial charge in [0, 0.05) is 12.6 Å². The monoisotopic (exact) mass is 315 g/mol. The third-order valence-electron chi connectivity index (χ3n) is 3.57. The van der Waals surface area contributed by atoms with Crippen molar-refractivity contribution in [1.29, 1.82) is 0 Å². The number of carboxylic acids is 1. The number of benzene rings is 1. The lowest BCUT2D eigenvalue weighted by atomic mass is 10.1. The van der Waals surface area contributed by atoms with E-state index in [0.717, 1.165) is 0 Å². The quantitative estimate of drug-likeness (QED) is 0.773. The van der Waals surface area contributed by atoms with Gasteiger partial charge in [0.2, 0.25) is 10.0 Å². The molecule has 0 heterocycles. The summed E-state index contributed by atoms with van der Waals surface area (Å²) in [6.07, 6.45) is 0.954. The van der Waals surface area contributed by atoms with Gasteiger partial charge in [-0.3, -0.25) is 4.79 Å². The second kappa shape index (κ2) is 5.53. The molecule has 0 unspecified atom stereocenters. The van der Waals surface area contributed by atoms with Crippen molar-refractivity contribution < 1.29 is 27.8 Å². The summed E-state index contributed by atoms with van der Waals surface area (Å²) in [4.78, 5) is 11.0. The first-order chi connectivity index (χ1) is 9.84. The van der Waals surface area contributed by atoms with Crippen molar-refractivity contribution in [2.24, 2.45) is 5.41 Å². The van der Waals surface area contributed by atoms with E-state index in [2.05, 4.69) is 4.72 Å².